The van der Waals surface area contributed by atoms with Crippen molar-refractivity contribution < 1.29 is 26.0 Å². The molecule has 0 aromatic heterocycles. The molecule has 0 unspecified atom stereocenters. The predicted molar refractivity (Wildman–Crippen MR) is 79.6 cm³/mol. The van der Waals surface area contributed by atoms with E-state index in [4.69, 9.17) is 0 Å². The molecule has 0 aliphatic heterocycles. The van der Waals surface area contributed by atoms with Crippen molar-refractivity contribution in [2.45, 2.75) is 17.6 Å². The third-order valence-electron chi connectivity index (χ3n) is 2.96. The molecule has 0 bridgehead atoms. The van der Waals surface area contributed by atoms with Gasteiger partial charge in [0.25, 0.3) is 0 Å². The summed E-state index contributed by atoms with van der Waals surface area (Å²) in [5.41, 5.74) is -1.32. The smallest absolute Gasteiger partial charge is 0.207 e. The van der Waals surface area contributed by atoms with Crippen LogP contribution in [0.5, 0.6) is 0 Å². The van der Waals surface area contributed by atoms with E-state index >= 15 is 0 Å². The van der Waals surface area contributed by atoms with Crippen LogP contribution in [0.4, 0.5) is 17.6 Å². The standard InChI is InChI=1S/C14H10BrF4NO2S/c15-11-3-1-2-4-13(11)23(21,22)20-8-9-5-6-10(7-12(9)16)14(17,18)19/h1-7,20H,8H2. The van der Waals surface area contributed by atoms with Crippen molar-refractivity contribution in [2.75, 3.05) is 0 Å². The van der Waals surface area contributed by atoms with E-state index in [1.54, 1.807) is 6.07 Å². The van der Waals surface area contributed by atoms with Crippen LogP contribution in [0.25, 0.3) is 0 Å². The molecule has 0 atom stereocenters. The van der Waals surface area contributed by atoms with Gasteiger partial charge < -0.3 is 0 Å². The highest BCUT2D eigenvalue weighted by Gasteiger charge is 2.31. The highest BCUT2D eigenvalue weighted by molar-refractivity contribution is 9.10. The predicted octanol–water partition coefficient (Wildman–Crippen LogP) is 4.09. The van der Waals surface area contributed by atoms with Crippen LogP contribution in [0, 0.1) is 5.82 Å². The van der Waals surface area contributed by atoms with Crippen molar-refractivity contribution >= 4 is 26.0 Å². The van der Waals surface area contributed by atoms with E-state index in [-0.39, 0.29) is 10.5 Å². The number of nitrogens with one attached hydrogen (secondary N) is 1. The highest BCUT2D eigenvalue weighted by atomic mass is 79.9. The van der Waals surface area contributed by atoms with Crippen LogP contribution in [0.1, 0.15) is 11.1 Å². The summed E-state index contributed by atoms with van der Waals surface area (Å²) in [5, 5.41) is 0. The molecule has 3 nitrogen and oxygen atoms in total. The average molecular weight is 412 g/mol. The van der Waals surface area contributed by atoms with Gasteiger partial charge in [-0.3, -0.25) is 0 Å². The van der Waals surface area contributed by atoms with E-state index in [1.807, 2.05) is 0 Å². The molecular weight excluding hydrogens is 402 g/mol. The van der Waals surface area contributed by atoms with Gasteiger partial charge in [0.05, 0.1) is 10.5 Å². The molecule has 0 amide bonds. The van der Waals surface area contributed by atoms with Crippen LogP contribution in [0.15, 0.2) is 51.8 Å². The Kier molecular flexibility index (Phi) is 5.12. The number of benzene rings is 2. The Hall–Kier alpha value is -1.45. The first-order valence-electron chi connectivity index (χ1n) is 6.21. The molecule has 0 radical (unpaired) electrons. The third-order valence-corrected chi connectivity index (χ3v) is 5.37. The van der Waals surface area contributed by atoms with Gasteiger partial charge >= 0.3 is 6.18 Å². The molecule has 2 aromatic carbocycles. The van der Waals surface area contributed by atoms with Crippen molar-refractivity contribution in [1.29, 1.82) is 0 Å². The molecule has 0 spiro atoms. The maximum Gasteiger partial charge on any atom is 0.416 e. The maximum absolute atomic E-state index is 13.7. The molecule has 0 fully saturated rings. The molecule has 0 aliphatic rings. The summed E-state index contributed by atoms with van der Waals surface area (Å²) < 4.78 is 77.8. The fourth-order valence-corrected chi connectivity index (χ4v) is 3.79. The zero-order chi connectivity index (χ0) is 17.3. The second-order valence-corrected chi connectivity index (χ2v) is 7.15. The normalized spacial score (nSPS) is 12.4. The van der Waals surface area contributed by atoms with Gasteiger partial charge in [0.2, 0.25) is 10.0 Å². The summed E-state index contributed by atoms with van der Waals surface area (Å²) in [7, 11) is -3.93. The van der Waals surface area contributed by atoms with Crippen molar-refractivity contribution in [3.63, 3.8) is 0 Å². The molecule has 0 aliphatic carbocycles. The SMILES string of the molecule is O=S(=O)(NCc1ccc(C(F)(F)F)cc1F)c1ccccc1Br. The average Bonchev–Trinajstić information content (AvgIpc) is 2.45. The van der Waals surface area contributed by atoms with Gasteiger partial charge in [-0.25, -0.2) is 17.5 Å². The van der Waals surface area contributed by atoms with Gasteiger partial charge in [-0.15, -0.1) is 0 Å². The lowest BCUT2D eigenvalue weighted by Crippen LogP contribution is -2.24. The summed E-state index contributed by atoms with van der Waals surface area (Å²) in [4.78, 5) is -0.0488. The Morgan fingerprint density at radius 2 is 1.74 bits per heavy atom. The van der Waals surface area contributed by atoms with Crippen molar-refractivity contribution in [3.8, 4) is 0 Å². The first kappa shape index (κ1) is 17.9. The molecule has 0 saturated heterocycles. The van der Waals surface area contributed by atoms with E-state index in [0.717, 1.165) is 6.07 Å². The van der Waals surface area contributed by atoms with Crippen LogP contribution < -0.4 is 4.72 Å². The molecule has 2 rings (SSSR count). The monoisotopic (exact) mass is 411 g/mol. The minimum atomic E-state index is -4.66. The maximum atomic E-state index is 13.7. The number of hydrogen-bond donors (Lipinski definition) is 1. The van der Waals surface area contributed by atoms with Crippen molar-refractivity contribution in [1.82, 2.24) is 4.72 Å². The summed E-state index contributed by atoms with van der Waals surface area (Å²) in [6.45, 7) is -0.465. The minimum absolute atomic E-state index is 0.0488. The van der Waals surface area contributed by atoms with Crippen molar-refractivity contribution in [3.05, 3.63) is 63.9 Å². The summed E-state index contributed by atoms with van der Waals surface area (Å²) >= 11 is 3.09. The van der Waals surface area contributed by atoms with E-state index < -0.39 is 34.1 Å². The lowest BCUT2D eigenvalue weighted by Gasteiger charge is -2.11. The van der Waals surface area contributed by atoms with Gasteiger partial charge in [0.1, 0.15) is 5.82 Å². The molecule has 124 valence electrons. The van der Waals surface area contributed by atoms with E-state index in [2.05, 4.69) is 20.7 Å². The van der Waals surface area contributed by atoms with Crippen LogP contribution in [0.2, 0.25) is 0 Å². The Balaban J connectivity index is 2.20. The van der Waals surface area contributed by atoms with E-state index in [9.17, 15) is 26.0 Å². The quantitative estimate of drug-likeness (QED) is 0.770. The first-order chi connectivity index (χ1) is 10.6. The van der Waals surface area contributed by atoms with Crippen molar-refractivity contribution in [2.24, 2.45) is 0 Å². The van der Waals surface area contributed by atoms with Crippen LogP contribution in [-0.2, 0) is 22.7 Å². The van der Waals surface area contributed by atoms with Gasteiger partial charge in [0, 0.05) is 16.6 Å². The number of sulfonamides is 1. The zero-order valence-electron chi connectivity index (χ0n) is 11.4. The Morgan fingerprint density at radius 1 is 1.09 bits per heavy atom. The molecule has 23 heavy (non-hydrogen) atoms. The van der Waals surface area contributed by atoms with Gasteiger partial charge in [-0.05, 0) is 40.2 Å². The third kappa shape index (κ3) is 4.30. The Bertz CT molecular complexity index is 822. The Labute approximate surface area is 138 Å². The van der Waals surface area contributed by atoms with E-state index in [1.165, 1.54) is 18.2 Å². The molecule has 2 aromatic rings. The fraction of sp³-hybridized carbons (Fsp3) is 0.143. The number of halogens is 5. The molecule has 1 N–H and O–H groups in total. The second kappa shape index (κ2) is 6.58. The number of hydrogen-bond acceptors (Lipinski definition) is 2. The molecular formula is C14H10BrF4NO2S. The van der Waals surface area contributed by atoms with Crippen LogP contribution >= 0.6 is 15.9 Å². The first-order valence-corrected chi connectivity index (χ1v) is 8.49. The minimum Gasteiger partial charge on any atom is -0.207 e. The lowest BCUT2D eigenvalue weighted by molar-refractivity contribution is -0.137. The second-order valence-electron chi connectivity index (χ2n) is 4.56. The van der Waals surface area contributed by atoms with Gasteiger partial charge in [-0.1, -0.05) is 18.2 Å². The topological polar surface area (TPSA) is 46.2 Å². The highest BCUT2D eigenvalue weighted by Crippen LogP contribution is 2.30. The number of alkyl halides is 3. The molecule has 9 heteroatoms. The Morgan fingerprint density at radius 3 is 2.30 bits per heavy atom. The fourth-order valence-electron chi connectivity index (χ4n) is 1.78. The molecule has 0 heterocycles. The lowest BCUT2D eigenvalue weighted by atomic mass is 10.1. The molecule has 0 saturated carbocycles. The number of rotatable bonds is 4. The van der Waals surface area contributed by atoms with Gasteiger partial charge in [-0.2, -0.15) is 13.2 Å². The van der Waals surface area contributed by atoms with Crippen LogP contribution in [-0.4, -0.2) is 8.42 Å². The largest absolute Gasteiger partial charge is 0.416 e. The zero-order valence-corrected chi connectivity index (χ0v) is 13.8. The summed E-state index contributed by atoms with van der Waals surface area (Å²) in [5.74, 6) is -1.13. The van der Waals surface area contributed by atoms with Gasteiger partial charge in [0.15, 0.2) is 0 Å². The summed E-state index contributed by atoms with van der Waals surface area (Å²) in [6.07, 6.45) is -4.66. The van der Waals surface area contributed by atoms with E-state index in [0.29, 0.717) is 16.6 Å². The summed E-state index contributed by atoms with van der Waals surface area (Å²) in [6, 6.07) is 7.94. The van der Waals surface area contributed by atoms with Crippen LogP contribution in [0.3, 0.4) is 0 Å².